The highest BCUT2D eigenvalue weighted by atomic mass is 16.6. The molecule has 0 unspecified atom stereocenters. The number of esters is 1. The highest BCUT2D eigenvalue weighted by molar-refractivity contribution is 5.87. The van der Waals surface area contributed by atoms with Crippen molar-refractivity contribution < 1.29 is 19.1 Å². The fourth-order valence-electron chi connectivity index (χ4n) is 0.930. The van der Waals surface area contributed by atoms with E-state index in [1.165, 1.54) is 0 Å². The lowest BCUT2D eigenvalue weighted by atomic mass is 10.2. The molecule has 0 aliphatic carbocycles. The average molecular weight is 243 g/mol. The van der Waals surface area contributed by atoms with Crippen molar-refractivity contribution in [3.63, 3.8) is 0 Å². The Morgan fingerprint density at radius 2 is 1.88 bits per heavy atom. The zero-order valence-corrected chi connectivity index (χ0v) is 11.1. The molecule has 0 spiro atoms. The first kappa shape index (κ1) is 15.5. The molecule has 0 aliphatic rings. The topological polar surface area (TPSA) is 64.6 Å². The first-order valence-corrected chi connectivity index (χ1v) is 5.57. The molecule has 0 bridgehead atoms. The van der Waals surface area contributed by atoms with Crippen molar-refractivity contribution in [1.82, 2.24) is 5.32 Å². The summed E-state index contributed by atoms with van der Waals surface area (Å²) < 4.78 is 9.82. The van der Waals surface area contributed by atoms with E-state index in [-0.39, 0.29) is 12.5 Å². The maximum absolute atomic E-state index is 11.3. The molecule has 98 valence electrons. The minimum atomic E-state index is -0.524. The number of nitrogens with one attached hydrogen (secondary N) is 1. The third kappa shape index (κ3) is 8.30. The first-order valence-electron chi connectivity index (χ1n) is 5.57. The van der Waals surface area contributed by atoms with Crippen molar-refractivity contribution in [2.75, 3.05) is 13.2 Å². The van der Waals surface area contributed by atoms with Gasteiger partial charge in [-0.05, 0) is 34.6 Å². The predicted octanol–water partition coefficient (Wildman–Crippen LogP) is 2.02. The van der Waals surface area contributed by atoms with Crippen LogP contribution in [0.2, 0.25) is 0 Å². The number of ether oxygens (including phenoxy) is 2. The molecule has 0 aliphatic heterocycles. The lowest BCUT2D eigenvalue weighted by Crippen LogP contribution is -2.32. The smallest absolute Gasteiger partial charge is 0.407 e. The minimum absolute atomic E-state index is 0.236. The van der Waals surface area contributed by atoms with Gasteiger partial charge in [-0.1, -0.05) is 6.08 Å². The van der Waals surface area contributed by atoms with Gasteiger partial charge in [0.1, 0.15) is 5.60 Å². The van der Waals surface area contributed by atoms with E-state index in [1.807, 2.05) is 0 Å². The Morgan fingerprint density at radius 1 is 1.29 bits per heavy atom. The Labute approximate surface area is 102 Å². The molecule has 1 N–H and O–H groups in total. The van der Waals surface area contributed by atoms with Gasteiger partial charge in [-0.25, -0.2) is 9.59 Å². The van der Waals surface area contributed by atoms with Crippen molar-refractivity contribution in [3.05, 3.63) is 11.6 Å². The van der Waals surface area contributed by atoms with E-state index in [9.17, 15) is 9.59 Å². The molecular weight excluding hydrogens is 222 g/mol. The summed E-state index contributed by atoms with van der Waals surface area (Å²) in [6.45, 7) is 9.30. The lowest BCUT2D eigenvalue weighted by molar-refractivity contribution is -0.138. The number of alkyl carbamates (subject to hydrolysis) is 1. The Balaban J connectivity index is 4.01. The Bertz CT molecular complexity index is 302. The Kier molecular flexibility index (Phi) is 6.31. The zero-order valence-electron chi connectivity index (χ0n) is 11.1. The summed E-state index contributed by atoms with van der Waals surface area (Å²) in [5, 5.41) is 2.52. The predicted molar refractivity (Wildman–Crippen MR) is 64.6 cm³/mol. The fraction of sp³-hybridized carbons (Fsp3) is 0.667. The van der Waals surface area contributed by atoms with Gasteiger partial charge in [0.15, 0.2) is 0 Å². The second-order valence-electron chi connectivity index (χ2n) is 4.49. The van der Waals surface area contributed by atoms with E-state index in [0.29, 0.717) is 12.2 Å². The second-order valence-corrected chi connectivity index (χ2v) is 4.49. The summed E-state index contributed by atoms with van der Waals surface area (Å²) in [4.78, 5) is 22.5. The van der Waals surface area contributed by atoms with Gasteiger partial charge in [-0.2, -0.15) is 0 Å². The third-order valence-corrected chi connectivity index (χ3v) is 1.65. The van der Waals surface area contributed by atoms with Crippen molar-refractivity contribution in [3.8, 4) is 0 Å². The third-order valence-electron chi connectivity index (χ3n) is 1.65. The molecule has 0 saturated carbocycles. The largest absolute Gasteiger partial charge is 0.463 e. The Morgan fingerprint density at radius 3 is 2.35 bits per heavy atom. The van der Waals surface area contributed by atoms with E-state index < -0.39 is 11.7 Å². The van der Waals surface area contributed by atoms with Crippen LogP contribution in [0.3, 0.4) is 0 Å². The number of hydrogen-bond donors (Lipinski definition) is 1. The van der Waals surface area contributed by atoms with Gasteiger partial charge in [0.05, 0.1) is 6.61 Å². The second kappa shape index (κ2) is 6.93. The summed E-state index contributed by atoms with van der Waals surface area (Å²) in [7, 11) is 0. The molecule has 0 aromatic heterocycles. The normalized spacial score (nSPS) is 11.9. The molecule has 0 aromatic rings. The monoisotopic (exact) mass is 243 g/mol. The van der Waals surface area contributed by atoms with Crippen LogP contribution in [0.1, 0.15) is 34.6 Å². The van der Waals surface area contributed by atoms with Crippen molar-refractivity contribution in [2.24, 2.45) is 0 Å². The zero-order chi connectivity index (χ0) is 13.5. The van der Waals surface area contributed by atoms with Crippen LogP contribution in [-0.2, 0) is 14.3 Å². The van der Waals surface area contributed by atoms with Crippen LogP contribution in [0.25, 0.3) is 0 Å². The van der Waals surface area contributed by atoms with Gasteiger partial charge in [0.2, 0.25) is 0 Å². The highest BCUT2D eigenvalue weighted by Gasteiger charge is 2.15. The summed E-state index contributed by atoms with van der Waals surface area (Å²) >= 11 is 0. The van der Waals surface area contributed by atoms with Crippen molar-refractivity contribution in [1.29, 1.82) is 0 Å². The van der Waals surface area contributed by atoms with Crippen LogP contribution in [-0.4, -0.2) is 30.8 Å². The van der Waals surface area contributed by atoms with E-state index >= 15 is 0 Å². The number of hydrogen-bond acceptors (Lipinski definition) is 4. The van der Waals surface area contributed by atoms with Crippen LogP contribution >= 0.6 is 0 Å². The molecule has 17 heavy (non-hydrogen) atoms. The quantitative estimate of drug-likeness (QED) is 0.606. The van der Waals surface area contributed by atoms with Crippen LogP contribution in [0.4, 0.5) is 4.79 Å². The van der Waals surface area contributed by atoms with Crippen molar-refractivity contribution in [2.45, 2.75) is 40.2 Å². The van der Waals surface area contributed by atoms with Crippen LogP contribution < -0.4 is 5.32 Å². The number of amides is 1. The summed E-state index contributed by atoms with van der Waals surface area (Å²) in [5.74, 6) is -0.376. The van der Waals surface area contributed by atoms with E-state index in [4.69, 9.17) is 9.47 Å². The molecule has 1 amide bonds. The van der Waals surface area contributed by atoms with Gasteiger partial charge < -0.3 is 14.8 Å². The molecule has 0 fully saturated rings. The molecule has 5 heteroatoms. The molecule has 0 radical (unpaired) electrons. The fourth-order valence-corrected chi connectivity index (χ4v) is 0.930. The molecule has 0 rings (SSSR count). The van der Waals surface area contributed by atoms with Gasteiger partial charge in [-0.15, -0.1) is 0 Å². The van der Waals surface area contributed by atoms with Crippen molar-refractivity contribution >= 4 is 12.1 Å². The maximum Gasteiger partial charge on any atom is 0.407 e. The van der Waals surface area contributed by atoms with E-state index in [2.05, 4.69) is 5.32 Å². The SMILES string of the molecule is CCOC(=O)/C(C)=C/CNC(=O)OC(C)(C)C. The molecule has 0 heterocycles. The van der Waals surface area contributed by atoms with Crippen LogP contribution in [0, 0.1) is 0 Å². The van der Waals surface area contributed by atoms with Gasteiger partial charge in [-0.3, -0.25) is 0 Å². The minimum Gasteiger partial charge on any atom is -0.463 e. The lowest BCUT2D eigenvalue weighted by Gasteiger charge is -2.19. The number of carbonyl (C=O) groups is 2. The standard InChI is InChI=1S/C12H21NO4/c1-6-16-10(14)9(2)7-8-13-11(15)17-12(3,4)5/h7H,6,8H2,1-5H3,(H,13,15)/b9-7+. The summed E-state index contributed by atoms with van der Waals surface area (Å²) in [6, 6.07) is 0. The highest BCUT2D eigenvalue weighted by Crippen LogP contribution is 2.06. The average Bonchev–Trinajstić information content (AvgIpc) is 2.14. The van der Waals surface area contributed by atoms with E-state index in [0.717, 1.165) is 0 Å². The van der Waals surface area contributed by atoms with Crippen LogP contribution in [0.15, 0.2) is 11.6 Å². The number of carbonyl (C=O) groups excluding carboxylic acids is 2. The van der Waals surface area contributed by atoms with E-state index in [1.54, 1.807) is 40.7 Å². The molecule has 0 atom stereocenters. The molecule has 0 saturated heterocycles. The maximum atomic E-state index is 11.3. The summed E-state index contributed by atoms with van der Waals surface area (Å²) in [6.07, 6.45) is 1.08. The van der Waals surface area contributed by atoms with Gasteiger partial charge >= 0.3 is 12.1 Å². The van der Waals surface area contributed by atoms with Gasteiger partial charge in [0, 0.05) is 12.1 Å². The summed E-state index contributed by atoms with van der Waals surface area (Å²) in [5.41, 5.74) is -0.0628. The van der Waals surface area contributed by atoms with Crippen LogP contribution in [0.5, 0.6) is 0 Å². The molecule has 5 nitrogen and oxygen atoms in total. The van der Waals surface area contributed by atoms with Gasteiger partial charge in [0.25, 0.3) is 0 Å². The first-order chi connectivity index (χ1) is 7.76. The Hall–Kier alpha value is -1.52. The molecule has 0 aromatic carbocycles. The molecular formula is C12H21NO4. The number of rotatable bonds is 4.